The van der Waals surface area contributed by atoms with Crippen molar-refractivity contribution in [2.24, 2.45) is 0 Å². The van der Waals surface area contributed by atoms with E-state index in [0.717, 1.165) is 5.56 Å². The molecule has 0 saturated carbocycles. The molecule has 1 aromatic rings. The zero-order valence-corrected chi connectivity index (χ0v) is 16.0. The fourth-order valence-corrected chi connectivity index (χ4v) is 2.17. The van der Waals surface area contributed by atoms with E-state index >= 15 is 0 Å². The zero-order chi connectivity index (χ0) is 19.7. The van der Waals surface area contributed by atoms with Crippen LogP contribution in [0, 0.1) is 0 Å². The monoisotopic (exact) mass is 365 g/mol. The molecule has 0 fully saturated rings. The molecule has 0 unspecified atom stereocenters. The minimum atomic E-state index is -0.900. The fraction of sp³-hybridized carbons (Fsp3) is 0.526. The average molecular weight is 365 g/mol. The third-order valence-electron chi connectivity index (χ3n) is 3.30. The van der Waals surface area contributed by atoms with Gasteiger partial charge in [0.2, 0.25) is 0 Å². The summed E-state index contributed by atoms with van der Waals surface area (Å²) in [5.41, 5.74) is 0.114. The van der Waals surface area contributed by atoms with Gasteiger partial charge in [0.25, 0.3) is 0 Å². The van der Waals surface area contributed by atoms with Gasteiger partial charge in [-0.3, -0.25) is 9.59 Å². The van der Waals surface area contributed by atoms with Gasteiger partial charge in [0.15, 0.2) is 5.78 Å². The van der Waals surface area contributed by atoms with Crippen molar-refractivity contribution >= 4 is 17.8 Å². The predicted octanol–water partition coefficient (Wildman–Crippen LogP) is 2.65. The van der Waals surface area contributed by atoms with E-state index < -0.39 is 35.9 Å². The maximum Gasteiger partial charge on any atom is 0.408 e. The maximum atomic E-state index is 12.5. The molecule has 144 valence electrons. The van der Waals surface area contributed by atoms with Gasteiger partial charge in [-0.1, -0.05) is 12.1 Å². The van der Waals surface area contributed by atoms with Gasteiger partial charge in [-0.05, 0) is 51.8 Å². The second kappa shape index (κ2) is 9.79. The van der Waals surface area contributed by atoms with Gasteiger partial charge in [-0.25, -0.2) is 4.79 Å². The lowest BCUT2D eigenvalue weighted by Gasteiger charge is -2.23. The van der Waals surface area contributed by atoms with Crippen LogP contribution in [-0.2, 0) is 25.5 Å². The molecule has 1 atom stereocenters. The Morgan fingerprint density at radius 2 is 1.73 bits per heavy atom. The normalized spacial score (nSPS) is 12.0. The highest BCUT2D eigenvalue weighted by atomic mass is 16.6. The van der Waals surface area contributed by atoms with Crippen molar-refractivity contribution in [1.82, 2.24) is 5.32 Å². The highest BCUT2D eigenvalue weighted by Crippen LogP contribution is 2.14. The summed E-state index contributed by atoms with van der Waals surface area (Å²) in [6.07, 6.45) is -0.903. The quantitative estimate of drug-likeness (QED) is 0.562. The van der Waals surface area contributed by atoms with Gasteiger partial charge in [0.05, 0.1) is 19.8 Å². The highest BCUT2D eigenvalue weighted by molar-refractivity contribution is 5.99. The number of esters is 1. The molecule has 0 aliphatic heterocycles. The molecule has 7 heteroatoms. The third kappa shape index (κ3) is 8.00. The molecule has 1 N–H and O–H groups in total. The number of ether oxygens (including phenoxy) is 3. The molecule has 0 bridgehead atoms. The first kappa shape index (κ1) is 21.5. The first-order valence-electron chi connectivity index (χ1n) is 8.45. The lowest BCUT2D eigenvalue weighted by Crippen LogP contribution is -2.45. The summed E-state index contributed by atoms with van der Waals surface area (Å²) in [7, 11) is 1.56. The number of methoxy groups -OCH3 is 1. The Morgan fingerprint density at radius 3 is 2.23 bits per heavy atom. The second-order valence-electron chi connectivity index (χ2n) is 6.70. The smallest absolute Gasteiger partial charge is 0.408 e. The summed E-state index contributed by atoms with van der Waals surface area (Å²) in [4.78, 5) is 36.1. The van der Waals surface area contributed by atoms with Crippen LogP contribution in [0.15, 0.2) is 24.3 Å². The number of ketones is 1. The molecular weight excluding hydrogens is 338 g/mol. The number of amides is 1. The van der Waals surface area contributed by atoms with Gasteiger partial charge in [-0.15, -0.1) is 0 Å². The zero-order valence-electron chi connectivity index (χ0n) is 16.0. The number of rotatable bonds is 8. The third-order valence-corrected chi connectivity index (χ3v) is 3.30. The Morgan fingerprint density at radius 1 is 1.12 bits per heavy atom. The van der Waals surface area contributed by atoms with Crippen LogP contribution in [0.5, 0.6) is 5.75 Å². The molecule has 26 heavy (non-hydrogen) atoms. The van der Waals surface area contributed by atoms with Crippen molar-refractivity contribution in [3.05, 3.63) is 29.8 Å². The SMILES string of the molecule is CCOC(=O)CC(=O)[C@H](Cc1ccc(OC)cc1)NC(=O)OC(C)(C)C. The molecule has 1 rings (SSSR count). The molecule has 0 aromatic heterocycles. The number of Topliss-reactive ketones (excluding diaryl/α,β-unsaturated/α-hetero) is 1. The van der Waals surface area contributed by atoms with Gasteiger partial charge in [0, 0.05) is 0 Å². The number of hydrogen-bond acceptors (Lipinski definition) is 6. The van der Waals surface area contributed by atoms with Crippen molar-refractivity contribution in [3.63, 3.8) is 0 Å². The topological polar surface area (TPSA) is 90.9 Å². The van der Waals surface area contributed by atoms with E-state index in [2.05, 4.69) is 5.32 Å². The lowest BCUT2D eigenvalue weighted by molar-refractivity contribution is -0.146. The van der Waals surface area contributed by atoms with Crippen molar-refractivity contribution in [2.75, 3.05) is 13.7 Å². The largest absolute Gasteiger partial charge is 0.497 e. The van der Waals surface area contributed by atoms with Gasteiger partial charge >= 0.3 is 12.1 Å². The molecule has 0 saturated heterocycles. The fourth-order valence-electron chi connectivity index (χ4n) is 2.17. The summed E-state index contributed by atoms with van der Waals surface area (Å²) >= 11 is 0. The van der Waals surface area contributed by atoms with Crippen LogP contribution in [0.25, 0.3) is 0 Å². The first-order chi connectivity index (χ1) is 12.1. The highest BCUT2D eigenvalue weighted by Gasteiger charge is 2.26. The Balaban J connectivity index is 2.86. The second-order valence-corrected chi connectivity index (χ2v) is 6.70. The van der Waals surface area contributed by atoms with Gasteiger partial charge < -0.3 is 19.5 Å². The maximum absolute atomic E-state index is 12.5. The summed E-state index contributed by atoms with van der Waals surface area (Å²) in [6.45, 7) is 7.04. The van der Waals surface area contributed by atoms with Crippen molar-refractivity contribution in [2.45, 2.75) is 52.2 Å². The molecular formula is C19H27NO6. The van der Waals surface area contributed by atoms with Gasteiger partial charge in [-0.2, -0.15) is 0 Å². The Labute approximate surface area is 154 Å². The minimum absolute atomic E-state index is 0.189. The van der Waals surface area contributed by atoms with E-state index in [4.69, 9.17) is 14.2 Å². The van der Waals surface area contributed by atoms with E-state index in [-0.39, 0.29) is 13.0 Å². The molecule has 0 aliphatic carbocycles. The van der Waals surface area contributed by atoms with E-state index in [1.807, 2.05) is 0 Å². The van der Waals surface area contributed by atoms with E-state index in [0.29, 0.717) is 5.75 Å². The molecule has 0 heterocycles. The van der Waals surface area contributed by atoms with Crippen LogP contribution in [0.4, 0.5) is 4.79 Å². The van der Waals surface area contributed by atoms with Crippen LogP contribution in [0.2, 0.25) is 0 Å². The lowest BCUT2D eigenvalue weighted by atomic mass is 10.0. The molecule has 0 aliphatic rings. The van der Waals surface area contributed by atoms with E-state index in [9.17, 15) is 14.4 Å². The Kier molecular flexibility index (Phi) is 8.09. The summed E-state index contributed by atoms with van der Waals surface area (Å²) in [5, 5.41) is 2.55. The van der Waals surface area contributed by atoms with Crippen LogP contribution in [0.3, 0.4) is 0 Å². The van der Waals surface area contributed by atoms with Crippen LogP contribution in [0.1, 0.15) is 39.7 Å². The number of hydrogen-bond donors (Lipinski definition) is 1. The van der Waals surface area contributed by atoms with Crippen molar-refractivity contribution < 1.29 is 28.6 Å². The standard InChI is InChI=1S/C19H27NO6/c1-6-25-17(22)12-16(21)15(20-18(23)26-19(2,3)4)11-13-7-9-14(24-5)10-8-13/h7-10,15H,6,11-12H2,1-5H3,(H,20,23)/t15-/m0/s1. The number of nitrogens with one attached hydrogen (secondary N) is 1. The number of benzene rings is 1. The predicted molar refractivity (Wildman–Crippen MR) is 96.1 cm³/mol. The molecule has 1 amide bonds. The van der Waals surface area contributed by atoms with Crippen LogP contribution in [-0.4, -0.2) is 43.2 Å². The Hall–Kier alpha value is -2.57. The summed E-state index contributed by atoms with van der Waals surface area (Å²) in [5.74, 6) is -0.378. The van der Waals surface area contributed by atoms with Crippen LogP contribution >= 0.6 is 0 Å². The first-order valence-corrected chi connectivity index (χ1v) is 8.45. The van der Waals surface area contributed by atoms with E-state index in [1.54, 1.807) is 59.1 Å². The molecule has 7 nitrogen and oxygen atoms in total. The number of carbonyl (C=O) groups is 3. The van der Waals surface area contributed by atoms with E-state index in [1.165, 1.54) is 0 Å². The molecule has 0 radical (unpaired) electrons. The number of carbonyl (C=O) groups excluding carboxylic acids is 3. The Bertz CT molecular complexity index is 618. The summed E-state index contributed by atoms with van der Waals surface area (Å²) in [6, 6.07) is 6.20. The molecule has 1 aromatic carbocycles. The minimum Gasteiger partial charge on any atom is -0.497 e. The number of alkyl carbamates (subject to hydrolysis) is 1. The van der Waals surface area contributed by atoms with Gasteiger partial charge in [0.1, 0.15) is 17.8 Å². The molecule has 0 spiro atoms. The van der Waals surface area contributed by atoms with Crippen LogP contribution < -0.4 is 10.1 Å². The van der Waals surface area contributed by atoms with Crippen molar-refractivity contribution in [3.8, 4) is 5.75 Å². The average Bonchev–Trinajstić information content (AvgIpc) is 2.53. The van der Waals surface area contributed by atoms with Crippen molar-refractivity contribution in [1.29, 1.82) is 0 Å². The summed E-state index contributed by atoms with van der Waals surface area (Å²) < 4.78 is 15.1.